The lowest BCUT2D eigenvalue weighted by Gasteiger charge is -2.37. The summed E-state index contributed by atoms with van der Waals surface area (Å²) in [6, 6.07) is 3.05. The van der Waals surface area contributed by atoms with Crippen LogP contribution in [0.3, 0.4) is 0 Å². The molecule has 0 saturated carbocycles. The van der Waals surface area contributed by atoms with Gasteiger partial charge in [-0.05, 0) is 51.6 Å². The van der Waals surface area contributed by atoms with Gasteiger partial charge in [-0.1, -0.05) is 0 Å². The molecule has 2 N–H and O–H groups in total. The molecule has 6 heterocycles. The Bertz CT molecular complexity index is 561. The van der Waals surface area contributed by atoms with E-state index in [1.165, 1.54) is 84.5 Å². The molecule has 0 radical (unpaired) electrons. The summed E-state index contributed by atoms with van der Waals surface area (Å²) in [6.45, 7) is 9.79. The Morgan fingerprint density at radius 3 is 2.82 bits per heavy atom. The Kier molecular flexibility index (Phi) is 4.94. The second kappa shape index (κ2) is 7.47. The maximum absolute atomic E-state index is 6.46. The van der Waals surface area contributed by atoms with Crippen molar-refractivity contribution in [3.8, 4) is 0 Å². The number of piperazine rings is 1. The molecule has 0 aromatic carbocycles. The van der Waals surface area contributed by atoms with Crippen molar-refractivity contribution in [2.75, 3.05) is 59.4 Å². The van der Waals surface area contributed by atoms with Crippen molar-refractivity contribution in [1.29, 1.82) is 0 Å². The monoisotopic (exact) mass is 389 g/mol. The van der Waals surface area contributed by atoms with E-state index in [0.29, 0.717) is 18.2 Å². The smallest absolute Gasteiger partial charge is 0.0747 e. The zero-order chi connectivity index (χ0) is 18.7. The summed E-state index contributed by atoms with van der Waals surface area (Å²) in [5.74, 6) is 1.58. The third-order valence-electron chi connectivity index (χ3n) is 8.75. The molecular weight excluding hydrogens is 350 g/mol. The quantitative estimate of drug-likeness (QED) is 0.716. The predicted molar refractivity (Wildman–Crippen MR) is 111 cm³/mol. The van der Waals surface area contributed by atoms with E-state index in [1.54, 1.807) is 0 Å². The van der Waals surface area contributed by atoms with E-state index >= 15 is 0 Å². The van der Waals surface area contributed by atoms with Gasteiger partial charge in [0.2, 0.25) is 0 Å². The van der Waals surface area contributed by atoms with Crippen LogP contribution in [0.2, 0.25) is 0 Å². The number of likely N-dealkylation sites (N-methyl/N-ethyl adjacent to an activating group) is 1. The number of nitrogens with zero attached hydrogens (tertiary/aromatic N) is 3. The lowest BCUT2D eigenvalue weighted by molar-refractivity contribution is -0.0536. The van der Waals surface area contributed by atoms with Gasteiger partial charge in [-0.25, -0.2) is 0 Å². The van der Waals surface area contributed by atoms with E-state index in [9.17, 15) is 0 Å². The molecule has 0 aromatic heterocycles. The van der Waals surface area contributed by atoms with E-state index < -0.39 is 0 Å². The molecule has 8 atom stereocenters. The molecule has 158 valence electrons. The normalized spacial score (nSPS) is 49.6. The number of rotatable bonds is 4. The molecule has 6 bridgehead atoms. The van der Waals surface area contributed by atoms with E-state index in [-0.39, 0.29) is 0 Å². The summed E-state index contributed by atoms with van der Waals surface area (Å²) in [6.07, 6.45) is 7.80. The Morgan fingerprint density at radius 2 is 1.86 bits per heavy atom. The van der Waals surface area contributed by atoms with Crippen molar-refractivity contribution in [2.24, 2.45) is 11.8 Å². The molecule has 28 heavy (non-hydrogen) atoms. The molecule has 0 amide bonds. The highest BCUT2D eigenvalue weighted by atomic mass is 16.5. The number of hydrogen-bond donors (Lipinski definition) is 2. The van der Waals surface area contributed by atoms with Crippen LogP contribution in [0.25, 0.3) is 0 Å². The van der Waals surface area contributed by atoms with Gasteiger partial charge >= 0.3 is 0 Å². The minimum absolute atomic E-state index is 0.478. The van der Waals surface area contributed by atoms with Crippen LogP contribution in [0.4, 0.5) is 0 Å². The minimum atomic E-state index is 0.478. The van der Waals surface area contributed by atoms with Crippen LogP contribution in [0.1, 0.15) is 32.1 Å². The standard InChI is InChI=1S/C22H39N5O/c1-25-11-17-6-15(21(13-25)24-17)9-26-12-20-7-16(22(14-26)28-20)10-27-18-2-3-19(27)8-23-5-4-18/h15-24H,2-14H2,1H3/t15?,16?,17?,18?,19-,20?,21?,22?/m1/s1. The maximum Gasteiger partial charge on any atom is 0.0747 e. The number of morpholine rings is 1. The molecule has 0 aliphatic carbocycles. The summed E-state index contributed by atoms with van der Waals surface area (Å²) in [4.78, 5) is 8.17. The highest BCUT2D eigenvalue weighted by Gasteiger charge is 2.46. The minimum Gasteiger partial charge on any atom is -0.372 e. The van der Waals surface area contributed by atoms with Gasteiger partial charge in [-0.2, -0.15) is 0 Å². The summed E-state index contributed by atoms with van der Waals surface area (Å²) in [5, 5.41) is 7.53. The van der Waals surface area contributed by atoms with Crippen molar-refractivity contribution in [3.63, 3.8) is 0 Å². The Hall–Kier alpha value is -0.240. The van der Waals surface area contributed by atoms with Gasteiger partial charge in [-0.15, -0.1) is 0 Å². The molecule has 6 fully saturated rings. The van der Waals surface area contributed by atoms with E-state index in [2.05, 4.69) is 32.4 Å². The fourth-order valence-corrected chi connectivity index (χ4v) is 7.51. The highest BCUT2D eigenvalue weighted by molar-refractivity contribution is 5.01. The van der Waals surface area contributed by atoms with Gasteiger partial charge in [0.25, 0.3) is 0 Å². The Morgan fingerprint density at radius 1 is 0.929 bits per heavy atom. The van der Waals surface area contributed by atoms with Gasteiger partial charge in [-0.3, -0.25) is 9.80 Å². The second-order valence-corrected chi connectivity index (χ2v) is 10.8. The molecule has 0 aromatic rings. The maximum atomic E-state index is 6.46. The van der Waals surface area contributed by atoms with E-state index in [1.807, 2.05) is 0 Å². The van der Waals surface area contributed by atoms with E-state index in [0.717, 1.165) is 30.0 Å². The fourth-order valence-electron chi connectivity index (χ4n) is 7.51. The Balaban J connectivity index is 1.07. The van der Waals surface area contributed by atoms with Crippen LogP contribution < -0.4 is 10.6 Å². The summed E-state index contributed by atoms with van der Waals surface area (Å²) in [7, 11) is 2.29. The van der Waals surface area contributed by atoms with Crippen molar-refractivity contribution < 1.29 is 4.74 Å². The van der Waals surface area contributed by atoms with Crippen LogP contribution in [0.15, 0.2) is 0 Å². The summed E-state index contributed by atoms with van der Waals surface area (Å²) < 4.78 is 6.46. The molecule has 0 spiro atoms. The van der Waals surface area contributed by atoms with Crippen molar-refractivity contribution >= 4 is 0 Å². The molecule has 6 heteroatoms. The number of nitrogens with one attached hydrogen (secondary N) is 2. The van der Waals surface area contributed by atoms with Gasteiger partial charge in [0.1, 0.15) is 0 Å². The fraction of sp³-hybridized carbons (Fsp3) is 1.00. The number of hydrogen-bond acceptors (Lipinski definition) is 6. The molecule has 6 rings (SSSR count). The summed E-state index contributed by atoms with van der Waals surface area (Å²) >= 11 is 0. The third kappa shape index (κ3) is 3.44. The first kappa shape index (κ1) is 18.5. The SMILES string of the molecule is CN1CC2CC(CN3CC4CC(CN5C6CCNC[C@H]5CC6)C(C3)O4)C(C1)N2. The zero-order valence-electron chi connectivity index (χ0n) is 17.6. The number of ether oxygens (including phenoxy) is 1. The second-order valence-electron chi connectivity index (χ2n) is 10.8. The van der Waals surface area contributed by atoms with Crippen molar-refractivity contribution in [1.82, 2.24) is 25.3 Å². The van der Waals surface area contributed by atoms with E-state index in [4.69, 9.17) is 4.74 Å². The van der Waals surface area contributed by atoms with Gasteiger partial charge in [0, 0.05) is 75.9 Å². The topological polar surface area (TPSA) is 43.0 Å². The highest BCUT2D eigenvalue weighted by Crippen LogP contribution is 2.37. The lowest BCUT2D eigenvalue weighted by Crippen LogP contribution is -2.52. The average molecular weight is 390 g/mol. The van der Waals surface area contributed by atoms with Crippen LogP contribution in [-0.2, 0) is 4.74 Å². The predicted octanol–water partition coefficient (Wildman–Crippen LogP) is 0.194. The number of likely N-dealkylation sites (tertiary alicyclic amines) is 2. The molecule has 7 unspecified atom stereocenters. The third-order valence-corrected chi connectivity index (χ3v) is 8.75. The summed E-state index contributed by atoms with van der Waals surface area (Å²) in [5.41, 5.74) is 0. The van der Waals surface area contributed by atoms with Crippen molar-refractivity contribution in [3.05, 3.63) is 0 Å². The zero-order valence-corrected chi connectivity index (χ0v) is 17.6. The molecular formula is C22H39N5O. The average Bonchev–Trinajstić information content (AvgIpc) is 3.19. The van der Waals surface area contributed by atoms with Crippen molar-refractivity contribution in [2.45, 2.75) is 68.5 Å². The first-order valence-electron chi connectivity index (χ1n) is 12.0. The number of fused-ring (bicyclic) bond motifs is 6. The molecule has 6 aliphatic rings. The van der Waals surface area contributed by atoms with Crippen LogP contribution >= 0.6 is 0 Å². The van der Waals surface area contributed by atoms with Gasteiger partial charge in [0.15, 0.2) is 0 Å². The van der Waals surface area contributed by atoms with Gasteiger partial charge < -0.3 is 20.3 Å². The first-order chi connectivity index (χ1) is 13.7. The Labute approximate surface area is 170 Å². The van der Waals surface area contributed by atoms with Crippen LogP contribution in [0.5, 0.6) is 0 Å². The molecule has 6 saturated heterocycles. The molecule has 6 nitrogen and oxygen atoms in total. The van der Waals surface area contributed by atoms with Crippen LogP contribution in [-0.4, -0.2) is 110 Å². The van der Waals surface area contributed by atoms with Gasteiger partial charge in [0.05, 0.1) is 12.2 Å². The largest absolute Gasteiger partial charge is 0.372 e. The lowest BCUT2D eigenvalue weighted by atomic mass is 9.98. The van der Waals surface area contributed by atoms with Crippen LogP contribution in [0, 0.1) is 11.8 Å². The molecule has 6 aliphatic heterocycles. The first-order valence-corrected chi connectivity index (χ1v) is 12.0.